The van der Waals surface area contributed by atoms with Crippen LogP contribution in [0, 0.1) is 0 Å². The molecule has 0 aromatic carbocycles. The first-order valence-electron chi connectivity index (χ1n) is 4.02. The van der Waals surface area contributed by atoms with Crippen LogP contribution in [0.4, 0.5) is 0 Å². The van der Waals surface area contributed by atoms with Crippen molar-refractivity contribution < 1.29 is 14.4 Å². The predicted octanol–water partition coefficient (Wildman–Crippen LogP) is -0.544. The van der Waals surface area contributed by atoms with Crippen molar-refractivity contribution >= 4 is 5.91 Å². The van der Waals surface area contributed by atoms with Crippen molar-refractivity contribution in [3.05, 3.63) is 12.7 Å². The highest BCUT2D eigenvalue weighted by molar-refractivity contribution is 5.76. The predicted molar refractivity (Wildman–Crippen MR) is 49.0 cm³/mol. The fraction of sp³-hybridized carbons (Fsp3) is 0.625. The number of methoxy groups -OCH3 is 1. The molecule has 76 valence electrons. The molecule has 0 fully saturated rings. The lowest BCUT2D eigenvalue weighted by molar-refractivity contribution is -0.133. The summed E-state index contributed by atoms with van der Waals surface area (Å²) in [4.78, 5) is 15.7. The van der Waals surface area contributed by atoms with E-state index in [0.29, 0.717) is 19.8 Å². The average molecular weight is 188 g/mol. The summed E-state index contributed by atoms with van der Waals surface area (Å²) in [6, 6.07) is 0. The number of hydrogen-bond acceptors (Lipinski definition) is 4. The van der Waals surface area contributed by atoms with Crippen molar-refractivity contribution in [3.8, 4) is 0 Å². The second kappa shape index (κ2) is 9.18. The molecule has 0 aromatic heterocycles. The highest BCUT2D eigenvalue weighted by Crippen LogP contribution is 1.71. The summed E-state index contributed by atoms with van der Waals surface area (Å²) in [6.07, 6.45) is 1.68. The van der Waals surface area contributed by atoms with Gasteiger partial charge in [0.25, 0.3) is 5.91 Å². The highest BCUT2D eigenvalue weighted by Gasteiger charge is 1.97. The molecule has 0 spiro atoms. The van der Waals surface area contributed by atoms with Gasteiger partial charge in [0, 0.05) is 13.7 Å². The van der Waals surface area contributed by atoms with Crippen LogP contribution in [0.2, 0.25) is 0 Å². The summed E-state index contributed by atoms with van der Waals surface area (Å²) in [6.45, 7) is 5.14. The smallest absolute Gasteiger partial charge is 0.257 e. The summed E-state index contributed by atoms with van der Waals surface area (Å²) in [5, 5.41) is 2.83. The van der Waals surface area contributed by atoms with Crippen LogP contribution in [0.25, 0.3) is 0 Å². The molecule has 0 aliphatic carbocycles. The van der Waals surface area contributed by atoms with E-state index >= 15 is 0 Å². The largest absolute Gasteiger partial charge is 0.382 e. The first-order chi connectivity index (χ1) is 6.31. The Morgan fingerprint density at radius 1 is 1.54 bits per heavy atom. The summed E-state index contributed by atoms with van der Waals surface area (Å²) >= 11 is 0. The van der Waals surface area contributed by atoms with Crippen LogP contribution in [-0.2, 0) is 14.4 Å². The molecule has 0 radical (unpaired) electrons. The number of ether oxygens (including phenoxy) is 1. The molecule has 0 saturated heterocycles. The quantitative estimate of drug-likeness (QED) is 0.305. The van der Waals surface area contributed by atoms with E-state index in [1.807, 2.05) is 0 Å². The lowest BCUT2D eigenvalue weighted by atomic mass is 10.5. The third-order valence-corrected chi connectivity index (χ3v) is 1.15. The second-order valence-electron chi connectivity index (χ2n) is 2.29. The number of carbonyl (C=O) groups excluding carboxylic acids is 1. The minimum Gasteiger partial charge on any atom is -0.382 e. The van der Waals surface area contributed by atoms with Gasteiger partial charge in [-0.15, -0.1) is 6.58 Å². The topological polar surface area (TPSA) is 59.6 Å². The van der Waals surface area contributed by atoms with E-state index in [9.17, 15) is 4.79 Å². The number of hydrogen-bond donors (Lipinski definition) is 2. The molecule has 1 amide bonds. The van der Waals surface area contributed by atoms with Gasteiger partial charge < -0.3 is 10.1 Å². The highest BCUT2D eigenvalue weighted by atomic mass is 16.7. The Morgan fingerprint density at radius 3 is 2.92 bits per heavy atom. The lowest BCUT2D eigenvalue weighted by Crippen LogP contribution is -2.34. The molecule has 0 unspecified atom stereocenters. The van der Waals surface area contributed by atoms with Crippen LogP contribution >= 0.6 is 0 Å². The number of carbonyl (C=O) groups is 1. The molecule has 13 heavy (non-hydrogen) atoms. The fourth-order valence-corrected chi connectivity index (χ4v) is 0.580. The van der Waals surface area contributed by atoms with Gasteiger partial charge in [-0.3, -0.25) is 9.63 Å². The lowest BCUT2D eigenvalue weighted by Gasteiger charge is -2.05. The van der Waals surface area contributed by atoms with Crippen LogP contribution in [0.15, 0.2) is 12.7 Å². The molecule has 0 bridgehead atoms. The Balaban J connectivity index is 3.15. The Bertz CT molecular complexity index is 150. The summed E-state index contributed by atoms with van der Waals surface area (Å²) in [7, 11) is 1.57. The summed E-state index contributed by atoms with van der Waals surface area (Å²) in [5.41, 5.74) is 2.26. The van der Waals surface area contributed by atoms with Gasteiger partial charge >= 0.3 is 0 Å². The van der Waals surface area contributed by atoms with Crippen LogP contribution in [0.3, 0.4) is 0 Å². The van der Waals surface area contributed by atoms with E-state index in [-0.39, 0.29) is 12.5 Å². The van der Waals surface area contributed by atoms with Gasteiger partial charge in [-0.1, -0.05) is 6.08 Å². The van der Waals surface area contributed by atoms with Gasteiger partial charge in [0.1, 0.15) is 0 Å². The van der Waals surface area contributed by atoms with Crippen molar-refractivity contribution in [1.82, 2.24) is 10.8 Å². The van der Waals surface area contributed by atoms with Crippen LogP contribution in [0.1, 0.15) is 0 Å². The average Bonchev–Trinajstić information content (AvgIpc) is 2.13. The van der Waals surface area contributed by atoms with Gasteiger partial charge in [0.05, 0.1) is 19.8 Å². The third kappa shape index (κ3) is 9.00. The van der Waals surface area contributed by atoms with E-state index in [1.165, 1.54) is 0 Å². The Hall–Kier alpha value is -0.910. The Labute approximate surface area is 78.0 Å². The fourth-order valence-electron chi connectivity index (χ4n) is 0.580. The molecule has 0 aromatic rings. The normalized spacial score (nSPS) is 9.62. The van der Waals surface area contributed by atoms with Crippen LogP contribution in [0.5, 0.6) is 0 Å². The third-order valence-electron chi connectivity index (χ3n) is 1.15. The van der Waals surface area contributed by atoms with Crippen molar-refractivity contribution in [1.29, 1.82) is 0 Å². The minimum atomic E-state index is -0.210. The van der Waals surface area contributed by atoms with E-state index in [2.05, 4.69) is 17.4 Å². The van der Waals surface area contributed by atoms with Crippen LogP contribution in [-0.4, -0.2) is 39.3 Å². The molecule has 0 rings (SSSR count). The molecule has 0 aliphatic rings. The van der Waals surface area contributed by atoms with Gasteiger partial charge in [-0.05, 0) is 0 Å². The molecular weight excluding hydrogens is 172 g/mol. The number of nitrogens with one attached hydrogen (secondary N) is 2. The number of rotatable bonds is 8. The number of amides is 1. The first-order valence-corrected chi connectivity index (χ1v) is 4.02. The molecule has 0 heterocycles. The maximum absolute atomic E-state index is 10.9. The standard InChI is InChI=1S/C8H16N2O3/c1-3-4-9-7-8(11)10-13-6-5-12-2/h3,9H,1,4-7H2,2H3,(H,10,11). The maximum Gasteiger partial charge on any atom is 0.257 e. The second-order valence-corrected chi connectivity index (χ2v) is 2.29. The molecule has 0 saturated carbocycles. The number of hydroxylamine groups is 1. The van der Waals surface area contributed by atoms with Crippen LogP contribution < -0.4 is 10.8 Å². The molecule has 5 heteroatoms. The SMILES string of the molecule is C=CCNCC(=O)NOCCOC. The van der Waals surface area contributed by atoms with Crippen molar-refractivity contribution in [2.45, 2.75) is 0 Å². The van der Waals surface area contributed by atoms with Gasteiger partial charge in [0.15, 0.2) is 0 Å². The molecule has 2 N–H and O–H groups in total. The van der Waals surface area contributed by atoms with E-state index < -0.39 is 0 Å². The zero-order valence-corrected chi connectivity index (χ0v) is 7.84. The monoisotopic (exact) mass is 188 g/mol. The van der Waals surface area contributed by atoms with Crippen molar-refractivity contribution in [2.24, 2.45) is 0 Å². The summed E-state index contributed by atoms with van der Waals surface area (Å²) < 4.78 is 4.72. The summed E-state index contributed by atoms with van der Waals surface area (Å²) in [5.74, 6) is -0.210. The maximum atomic E-state index is 10.9. The Kier molecular flexibility index (Phi) is 8.54. The Morgan fingerprint density at radius 2 is 2.31 bits per heavy atom. The zero-order valence-electron chi connectivity index (χ0n) is 7.84. The first kappa shape index (κ1) is 12.1. The molecular formula is C8H16N2O3. The molecule has 0 aliphatic heterocycles. The van der Waals surface area contributed by atoms with Gasteiger partial charge in [-0.2, -0.15) is 0 Å². The van der Waals surface area contributed by atoms with Gasteiger partial charge in [-0.25, -0.2) is 5.48 Å². The zero-order chi connectivity index (χ0) is 9.94. The van der Waals surface area contributed by atoms with E-state index in [0.717, 1.165) is 0 Å². The van der Waals surface area contributed by atoms with Crippen molar-refractivity contribution in [2.75, 3.05) is 33.4 Å². The molecule has 5 nitrogen and oxygen atoms in total. The minimum absolute atomic E-state index is 0.210. The van der Waals surface area contributed by atoms with Gasteiger partial charge in [0.2, 0.25) is 0 Å². The van der Waals surface area contributed by atoms with Crippen molar-refractivity contribution in [3.63, 3.8) is 0 Å². The van der Waals surface area contributed by atoms with E-state index in [4.69, 9.17) is 9.57 Å². The van der Waals surface area contributed by atoms with E-state index in [1.54, 1.807) is 13.2 Å². The molecule has 0 atom stereocenters.